The van der Waals surface area contributed by atoms with E-state index in [1.165, 1.54) is 24.3 Å². The van der Waals surface area contributed by atoms with Crippen molar-refractivity contribution in [1.29, 1.82) is 0 Å². The monoisotopic (exact) mass is 297 g/mol. The molecule has 0 unspecified atom stereocenters. The van der Waals surface area contributed by atoms with Crippen LogP contribution in [0.1, 0.15) is 29.9 Å². The van der Waals surface area contributed by atoms with Gasteiger partial charge in [-0.1, -0.05) is 24.3 Å². The van der Waals surface area contributed by atoms with E-state index >= 15 is 0 Å². The standard InChI is InChI=1S/C16H17F2N.ClH/c17-14-7-3-12(4-8-14)16(2-1-11-19)13-5-9-15(18)10-6-13;/h3-10,16H,1-2,11,19H2;1H. The first-order valence-electron chi connectivity index (χ1n) is 6.41. The second-order valence-corrected chi connectivity index (χ2v) is 4.59. The first-order chi connectivity index (χ1) is 9.20. The Morgan fingerprint density at radius 2 is 1.20 bits per heavy atom. The Kier molecular flexibility index (Phi) is 6.62. The molecular formula is C16H18ClF2N. The van der Waals surface area contributed by atoms with Gasteiger partial charge in [0.15, 0.2) is 0 Å². The molecule has 0 saturated carbocycles. The molecule has 0 saturated heterocycles. The van der Waals surface area contributed by atoms with Gasteiger partial charge in [0, 0.05) is 5.92 Å². The molecule has 0 amide bonds. The number of rotatable bonds is 5. The highest BCUT2D eigenvalue weighted by Crippen LogP contribution is 2.29. The van der Waals surface area contributed by atoms with Gasteiger partial charge in [-0.05, 0) is 54.8 Å². The van der Waals surface area contributed by atoms with Gasteiger partial charge in [0.1, 0.15) is 11.6 Å². The van der Waals surface area contributed by atoms with Crippen LogP contribution < -0.4 is 5.73 Å². The molecule has 0 aliphatic rings. The Bertz CT molecular complexity index is 466. The number of halogens is 3. The minimum Gasteiger partial charge on any atom is -0.330 e. The van der Waals surface area contributed by atoms with Gasteiger partial charge < -0.3 is 5.73 Å². The zero-order chi connectivity index (χ0) is 13.7. The first kappa shape index (κ1) is 16.6. The fourth-order valence-electron chi connectivity index (χ4n) is 2.24. The maximum Gasteiger partial charge on any atom is 0.123 e. The third-order valence-electron chi connectivity index (χ3n) is 3.24. The smallest absolute Gasteiger partial charge is 0.123 e. The summed E-state index contributed by atoms with van der Waals surface area (Å²) in [4.78, 5) is 0. The molecule has 2 rings (SSSR count). The summed E-state index contributed by atoms with van der Waals surface area (Å²) < 4.78 is 26.0. The summed E-state index contributed by atoms with van der Waals surface area (Å²) in [5, 5.41) is 0. The lowest BCUT2D eigenvalue weighted by Gasteiger charge is -2.17. The van der Waals surface area contributed by atoms with E-state index in [1.54, 1.807) is 24.3 Å². The van der Waals surface area contributed by atoms with Gasteiger partial charge in [0.2, 0.25) is 0 Å². The van der Waals surface area contributed by atoms with Crippen molar-refractivity contribution in [3.8, 4) is 0 Å². The average molecular weight is 298 g/mol. The van der Waals surface area contributed by atoms with Gasteiger partial charge in [0.05, 0.1) is 0 Å². The van der Waals surface area contributed by atoms with Crippen molar-refractivity contribution in [2.75, 3.05) is 6.54 Å². The Morgan fingerprint density at radius 1 is 0.800 bits per heavy atom. The summed E-state index contributed by atoms with van der Waals surface area (Å²) >= 11 is 0. The molecule has 0 heterocycles. The molecule has 0 spiro atoms. The van der Waals surface area contributed by atoms with E-state index in [9.17, 15) is 8.78 Å². The van der Waals surface area contributed by atoms with Gasteiger partial charge in [-0.15, -0.1) is 12.4 Å². The highest BCUT2D eigenvalue weighted by molar-refractivity contribution is 5.85. The molecule has 2 aromatic carbocycles. The van der Waals surface area contributed by atoms with Crippen molar-refractivity contribution >= 4 is 12.4 Å². The lowest BCUT2D eigenvalue weighted by Crippen LogP contribution is -2.06. The molecular weight excluding hydrogens is 280 g/mol. The van der Waals surface area contributed by atoms with E-state index in [0.29, 0.717) is 6.54 Å². The molecule has 0 radical (unpaired) electrons. The molecule has 2 N–H and O–H groups in total. The fraction of sp³-hybridized carbons (Fsp3) is 0.250. The summed E-state index contributed by atoms with van der Waals surface area (Å²) in [6.07, 6.45) is 1.74. The van der Waals surface area contributed by atoms with Gasteiger partial charge in [-0.2, -0.15) is 0 Å². The van der Waals surface area contributed by atoms with Crippen LogP contribution in [0.3, 0.4) is 0 Å². The van der Waals surface area contributed by atoms with E-state index in [1.807, 2.05) is 0 Å². The molecule has 1 nitrogen and oxygen atoms in total. The normalized spacial score (nSPS) is 10.4. The Balaban J connectivity index is 0.00000200. The van der Waals surface area contributed by atoms with Crippen LogP contribution in [0.4, 0.5) is 8.78 Å². The number of benzene rings is 2. The lowest BCUT2D eigenvalue weighted by molar-refractivity contribution is 0.619. The van der Waals surface area contributed by atoms with Crippen LogP contribution >= 0.6 is 12.4 Å². The van der Waals surface area contributed by atoms with Gasteiger partial charge in [-0.25, -0.2) is 8.78 Å². The molecule has 0 aliphatic carbocycles. The zero-order valence-electron chi connectivity index (χ0n) is 11.1. The quantitative estimate of drug-likeness (QED) is 0.877. The van der Waals surface area contributed by atoms with Crippen LogP contribution in [0.25, 0.3) is 0 Å². The van der Waals surface area contributed by atoms with Crippen molar-refractivity contribution < 1.29 is 8.78 Å². The van der Waals surface area contributed by atoms with Crippen molar-refractivity contribution in [3.05, 3.63) is 71.3 Å². The summed E-state index contributed by atoms with van der Waals surface area (Å²) in [7, 11) is 0. The SMILES string of the molecule is Cl.NCCCC(c1ccc(F)cc1)c1ccc(F)cc1. The summed E-state index contributed by atoms with van der Waals surface area (Å²) in [6, 6.07) is 12.9. The number of hydrogen-bond acceptors (Lipinski definition) is 1. The minimum absolute atomic E-state index is 0. The van der Waals surface area contributed by atoms with Crippen LogP contribution in [0, 0.1) is 11.6 Å². The van der Waals surface area contributed by atoms with Crippen molar-refractivity contribution in [2.24, 2.45) is 5.73 Å². The Hall–Kier alpha value is -1.45. The van der Waals surface area contributed by atoms with Gasteiger partial charge >= 0.3 is 0 Å². The van der Waals surface area contributed by atoms with Crippen LogP contribution in [0.15, 0.2) is 48.5 Å². The molecule has 20 heavy (non-hydrogen) atoms. The zero-order valence-corrected chi connectivity index (χ0v) is 11.9. The van der Waals surface area contributed by atoms with E-state index in [4.69, 9.17) is 5.73 Å². The van der Waals surface area contributed by atoms with E-state index < -0.39 is 0 Å². The third kappa shape index (κ3) is 4.29. The summed E-state index contributed by atoms with van der Waals surface area (Å²) in [5.74, 6) is -0.370. The third-order valence-corrected chi connectivity index (χ3v) is 3.24. The van der Waals surface area contributed by atoms with E-state index in [2.05, 4.69) is 0 Å². The molecule has 0 bridgehead atoms. The second kappa shape index (κ2) is 7.98. The second-order valence-electron chi connectivity index (χ2n) is 4.59. The Morgan fingerprint density at radius 3 is 1.55 bits per heavy atom. The maximum absolute atomic E-state index is 13.0. The Labute approximate surface area is 124 Å². The molecule has 0 fully saturated rings. The van der Waals surface area contributed by atoms with Crippen molar-refractivity contribution in [3.63, 3.8) is 0 Å². The topological polar surface area (TPSA) is 26.0 Å². The predicted octanol–water partition coefficient (Wildman–Crippen LogP) is 4.26. The molecule has 108 valence electrons. The maximum atomic E-state index is 13.0. The molecule has 2 aromatic rings. The highest BCUT2D eigenvalue weighted by Gasteiger charge is 2.13. The average Bonchev–Trinajstić information content (AvgIpc) is 2.43. The highest BCUT2D eigenvalue weighted by atomic mass is 35.5. The van der Waals surface area contributed by atoms with E-state index in [-0.39, 0.29) is 30.0 Å². The number of nitrogens with two attached hydrogens (primary N) is 1. The van der Waals surface area contributed by atoms with Crippen LogP contribution in [0.2, 0.25) is 0 Å². The lowest BCUT2D eigenvalue weighted by atomic mass is 9.87. The molecule has 0 atom stereocenters. The first-order valence-corrected chi connectivity index (χ1v) is 6.41. The van der Waals surface area contributed by atoms with Crippen LogP contribution in [-0.2, 0) is 0 Å². The number of hydrogen-bond donors (Lipinski definition) is 1. The van der Waals surface area contributed by atoms with Crippen molar-refractivity contribution in [2.45, 2.75) is 18.8 Å². The van der Waals surface area contributed by atoms with E-state index in [0.717, 1.165) is 24.0 Å². The minimum atomic E-state index is -0.250. The van der Waals surface area contributed by atoms with Gasteiger partial charge in [0.25, 0.3) is 0 Å². The fourth-order valence-corrected chi connectivity index (χ4v) is 2.24. The molecule has 0 aromatic heterocycles. The van der Waals surface area contributed by atoms with Crippen LogP contribution in [-0.4, -0.2) is 6.54 Å². The largest absolute Gasteiger partial charge is 0.330 e. The predicted molar refractivity (Wildman–Crippen MR) is 80.2 cm³/mol. The van der Waals surface area contributed by atoms with Gasteiger partial charge in [-0.3, -0.25) is 0 Å². The summed E-state index contributed by atoms with van der Waals surface area (Å²) in [5.41, 5.74) is 7.62. The van der Waals surface area contributed by atoms with Crippen molar-refractivity contribution in [1.82, 2.24) is 0 Å². The molecule has 0 aliphatic heterocycles. The summed E-state index contributed by atoms with van der Waals surface area (Å²) in [6.45, 7) is 0.610. The molecule has 4 heteroatoms. The van der Waals surface area contributed by atoms with Crippen LogP contribution in [0.5, 0.6) is 0 Å².